The minimum atomic E-state index is -0.0646. The molecule has 0 fully saturated rings. The molecule has 3 aromatic rings. The van der Waals surface area contributed by atoms with E-state index in [0.29, 0.717) is 6.54 Å². The van der Waals surface area contributed by atoms with Crippen LogP contribution in [0, 0.1) is 0 Å². The lowest BCUT2D eigenvalue weighted by Crippen LogP contribution is -2.44. The zero-order chi connectivity index (χ0) is 17.9. The number of hydrogen-bond acceptors (Lipinski definition) is 1. The monoisotopic (exact) mass is 409 g/mol. The molecule has 1 atom stereocenters. The first-order valence-corrected chi connectivity index (χ1v) is 9.53. The van der Waals surface area contributed by atoms with E-state index in [0.717, 1.165) is 23.1 Å². The largest absolute Gasteiger partial charge is 0.348 e. The Morgan fingerprint density at radius 1 is 1.00 bits per heavy atom. The second-order valence-electron chi connectivity index (χ2n) is 6.44. The summed E-state index contributed by atoms with van der Waals surface area (Å²) in [6.07, 6.45) is 2.89. The van der Waals surface area contributed by atoms with Crippen LogP contribution in [0.15, 0.2) is 77.4 Å². The number of aromatic nitrogens is 1. The van der Waals surface area contributed by atoms with Gasteiger partial charge in [-0.15, -0.1) is 0 Å². The van der Waals surface area contributed by atoms with Crippen molar-refractivity contribution in [1.82, 2.24) is 9.47 Å². The number of urea groups is 1. The summed E-state index contributed by atoms with van der Waals surface area (Å²) in [5, 5.41) is 3.05. The van der Waals surface area contributed by atoms with Gasteiger partial charge in [0, 0.05) is 29.5 Å². The molecule has 0 saturated carbocycles. The van der Waals surface area contributed by atoms with Gasteiger partial charge in [0.15, 0.2) is 0 Å². The highest BCUT2D eigenvalue weighted by molar-refractivity contribution is 9.10. The van der Waals surface area contributed by atoms with Gasteiger partial charge < -0.3 is 14.8 Å². The predicted molar refractivity (Wildman–Crippen MR) is 107 cm³/mol. The van der Waals surface area contributed by atoms with Crippen molar-refractivity contribution in [3.8, 4) is 0 Å². The van der Waals surface area contributed by atoms with Crippen molar-refractivity contribution in [3.63, 3.8) is 0 Å². The van der Waals surface area contributed by atoms with Crippen LogP contribution in [0.2, 0.25) is 0 Å². The molecule has 2 amide bonds. The molecule has 0 saturated heterocycles. The lowest BCUT2D eigenvalue weighted by Gasteiger charge is -2.37. The smallest absolute Gasteiger partial charge is 0.322 e. The number of rotatable bonds is 3. The molecule has 1 aromatic heterocycles. The third-order valence-corrected chi connectivity index (χ3v) is 5.50. The van der Waals surface area contributed by atoms with Gasteiger partial charge in [-0.3, -0.25) is 0 Å². The summed E-state index contributed by atoms with van der Waals surface area (Å²) in [6.45, 7) is 1.51. The number of amides is 2. The van der Waals surface area contributed by atoms with Crippen LogP contribution in [-0.4, -0.2) is 22.0 Å². The summed E-state index contributed by atoms with van der Waals surface area (Å²) < 4.78 is 3.13. The van der Waals surface area contributed by atoms with Crippen molar-refractivity contribution >= 4 is 27.6 Å². The maximum atomic E-state index is 13.0. The number of anilines is 1. The van der Waals surface area contributed by atoms with E-state index in [1.807, 2.05) is 47.4 Å². The van der Waals surface area contributed by atoms with Crippen molar-refractivity contribution < 1.29 is 4.79 Å². The first-order valence-electron chi connectivity index (χ1n) is 8.73. The van der Waals surface area contributed by atoms with E-state index in [2.05, 4.69) is 56.3 Å². The third kappa shape index (κ3) is 3.40. The average Bonchev–Trinajstić information content (AvgIpc) is 3.14. The summed E-state index contributed by atoms with van der Waals surface area (Å²) in [6, 6.07) is 22.2. The van der Waals surface area contributed by atoms with Crippen LogP contribution in [0.4, 0.5) is 10.5 Å². The third-order valence-electron chi connectivity index (χ3n) is 4.81. The molecular formula is C21H20BrN3O. The zero-order valence-electron chi connectivity index (χ0n) is 14.3. The Morgan fingerprint density at radius 3 is 2.58 bits per heavy atom. The van der Waals surface area contributed by atoms with Crippen LogP contribution in [0.3, 0.4) is 0 Å². The molecule has 0 aliphatic carbocycles. The number of carbonyl (C=O) groups is 1. The highest BCUT2D eigenvalue weighted by atomic mass is 79.9. The van der Waals surface area contributed by atoms with Crippen LogP contribution in [0.5, 0.6) is 0 Å². The van der Waals surface area contributed by atoms with Gasteiger partial charge in [0.2, 0.25) is 0 Å². The second-order valence-corrected chi connectivity index (χ2v) is 7.29. The number of benzene rings is 2. The van der Waals surface area contributed by atoms with Gasteiger partial charge in [-0.25, -0.2) is 4.79 Å². The summed E-state index contributed by atoms with van der Waals surface area (Å²) in [5.74, 6) is 0. The van der Waals surface area contributed by atoms with E-state index in [-0.39, 0.29) is 12.1 Å². The minimum absolute atomic E-state index is 0.0173. The zero-order valence-corrected chi connectivity index (χ0v) is 15.9. The molecule has 2 heterocycles. The van der Waals surface area contributed by atoms with Crippen molar-refractivity contribution in [2.24, 2.45) is 0 Å². The van der Waals surface area contributed by atoms with Crippen LogP contribution in [-0.2, 0) is 13.0 Å². The predicted octanol–water partition coefficient (Wildman–Crippen LogP) is 5.08. The Balaban J connectivity index is 1.61. The topological polar surface area (TPSA) is 37.3 Å². The van der Waals surface area contributed by atoms with Gasteiger partial charge in [-0.1, -0.05) is 42.5 Å². The van der Waals surface area contributed by atoms with E-state index in [1.54, 1.807) is 0 Å². The van der Waals surface area contributed by atoms with Crippen LogP contribution < -0.4 is 5.32 Å². The molecule has 132 valence electrons. The highest BCUT2D eigenvalue weighted by Crippen LogP contribution is 2.31. The first kappa shape index (κ1) is 16.9. The van der Waals surface area contributed by atoms with Crippen LogP contribution >= 0.6 is 15.9 Å². The van der Waals surface area contributed by atoms with Gasteiger partial charge in [0.1, 0.15) is 0 Å². The Hall–Kier alpha value is -2.53. The maximum absolute atomic E-state index is 13.0. The highest BCUT2D eigenvalue weighted by Gasteiger charge is 2.31. The number of fused-ring (bicyclic) bond motifs is 1. The quantitative estimate of drug-likeness (QED) is 0.642. The molecule has 26 heavy (non-hydrogen) atoms. The molecule has 1 unspecified atom stereocenters. The Kier molecular flexibility index (Phi) is 4.80. The summed E-state index contributed by atoms with van der Waals surface area (Å²) >= 11 is 3.50. The summed E-state index contributed by atoms with van der Waals surface area (Å²) in [5.41, 5.74) is 3.20. The van der Waals surface area contributed by atoms with Gasteiger partial charge >= 0.3 is 6.03 Å². The lowest BCUT2D eigenvalue weighted by molar-refractivity contribution is 0.167. The minimum Gasteiger partial charge on any atom is -0.348 e. The number of hydrogen-bond donors (Lipinski definition) is 1. The van der Waals surface area contributed by atoms with Crippen molar-refractivity contribution in [3.05, 3.63) is 88.7 Å². The number of carbonyl (C=O) groups excluding carboxylic acids is 1. The Labute approximate surface area is 161 Å². The molecule has 4 nitrogen and oxygen atoms in total. The number of para-hydroxylation sites is 1. The molecule has 4 rings (SSSR count). The van der Waals surface area contributed by atoms with Crippen molar-refractivity contribution in [2.75, 3.05) is 11.9 Å². The van der Waals surface area contributed by atoms with Gasteiger partial charge in [0.25, 0.3) is 0 Å². The molecule has 0 bridgehead atoms. The Bertz CT molecular complexity index is 906. The molecule has 0 spiro atoms. The van der Waals surface area contributed by atoms with E-state index in [9.17, 15) is 4.79 Å². The van der Waals surface area contributed by atoms with Crippen molar-refractivity contribution in [1.29, 1.82) is 0 Å². The second kappa shape index (κ2) is 7.38. The Morgan fingerprint density at radius 2 is 1.77 bits per heavy atom. The molecular weight excluding hydrogens is 390 g/mol. The average molecular weight is 410 g/mol. The van der Waals surface area contributed by atoms with E-state index in [1.165, 1.54) is 11.3 Å². The molecule has 1 N–H and O–H groups in total. The normalized spacial score (nSPS) is 16.2. The van der Waals surface area contributed by atoms with E-state index >= 15 is 0 Å². The van der Waals surface area contributed by atoms with E-state index < -0.39 is 0 Å². The SMILES string of the molecule is O=C(Nc1ccccc1Br)N1CCn2cccc2C1Cc1ccccc1. The first-order chi connectivity index (χ1) is 12.7. The fourth-order valence-electron chi connectivity index (χ4n) is 3.51. The molecule has 2 aromatic carbocycles. The van der Waals surface area contributed by atoms with Crippen LogP contribution in [0.1, 0.15) is 17.3 Å². The lowest BCUT2D eigenvalue weighted by atomic mass is 10.0. The van der Waals surface area contributed by atoms with Gasteiger partial charge in [-0.05, 0) is 52.2 Å². The number of halogens is 1. The fraction of sp³-hybridized carbons (Fsp3) is 0.190. The van der Waals surface area contributed by atoms with Crippen LogP contribution in [0.25, 0.3) is 0 Å². The molecule has 5 heteroatoms. The summed E-state index contributed by atoms with van der Waals surface area (Å²) in [7, 11) is 0. The van der Waals surface area contributed by atoms with E-state index in [4.69, 9.17) is 0 Å². The molecule has 0 radical (unpaired) electrons. The van der Waals surface area contributed by atoms with Crippen molar-refractivity contribution in [2.45, 2.75) is 19.0 Å². The fourth-order valence-corrected chi connectivity index (χ4v) is 3.89. The summed E-state index contributed by atoms with van der Waals surface area (Å²) in [4.78, 5) is 15.0. The van der Waals surface area contributed by atoms with Gasteiger partial charge in [-0.2, -0.15) is 0 Å². The standard InChI is InChI=1S/C21H20BrN3O/c22-17-9-4-5-10-18(17)23-21(26)25-14-13-24-12-6-11-19(24)20(25)15-16-7-2-1-3-8-16/h1-12,20H,13-15H2,(H,23,26). The molecule has 1 aliphatic heterocycles. The molecule has 1 aliphatic rings. The maximum Gasteiger partial charge on any atom is 0.322 e. The number of nitrogens with one attached hydrogen (secondary N) is 1. The van der Waals surface area contributed by atoms with Gasteiger partial charge in [0.05, 0.1) is 11.7 Å². The number of nitrogens with zero attached hydrogens (tertiary/aromatic N) is 2.